The van der Waals surface area contributed by atoms with Gasteiger partial charge in [-0.15, -0.1) is 0 Å². The van der Waals surface area contributed by atoms with E-state index in [1.54, 1.807) is 6.92 Å². The van der Waals surface area contributed by atoms with Crippen molar-refractivity contribution < 1.29 is 9.59 Å². The van der Waals surface area contributed by atoms with E-state index in [2.05, 4.69) is 12.2 Å². The van der Waals surface area contributed by atoms with Gasteiger partial charge in [-0.2, -0.15) is 0 Å². The minimum absolute atomic E-state index is 0.124. The molecule has 130 valence electrons. The summed E-state index contributed by atoms with van der Waals surface area (Å²) in [6.45, 7) is 6.00. The van der Waals surface area contributed by atoms with Gasteiger partial charge in [0.1, 0.15) is 0 Å². The third kappa shape index (κ3) is 3.57. The summed E-state index contributed by atoms with van der Waals surface area (Å²) in [4.78, 5) is 27.9. The Morgan fingerprint density at radius 2 is 1.92 bits per heavy atom. The summed E-state index contributed by atoms with van der Waals surface area (Å²) in [5, 5.41) is 4.21. The average molecular weight is 350 g/mol. The molecule has 3 rings (SSSR count). The van der Waals surface area contributed by atoms with Crippen molar-refractivity contribution in [3.63, 3.8) is 0 Å². The summed E-state index contributed by atoms with van der Waals surface area (Å²) in [6, 6.07) is 7.53. The van der Waals surface area contributed by atoms with Crippen LogP contribution in [-0.2, 0) is 9.59 Å². The van der Waals surface area contributed by atoms with Gasteiger partial charge < -0.3 is 15.1 Å². The fraction of sp³-hybridized carbons (Fsp3) is 0.556. The van der Waals surface area contributed by atoms with Gasteiger partial charge in [0.15, 0.2) is 0 Å². The number of amides is 2. The van der Waals surface area contributed by atoms with E-state index in [4.69, 9.17) is 11.6 Å². The zero-order valence-electron chi connectivity index (χ0n) is 14.2. The van der Waals surface area contributed by atoms with Crippen molar-refractivity contribution in [3.05, 3.63) is 29.3 Å². The molecular formula is C18H24ClN3O2. The molecule has 2 amide bonds. The molecule has 2 aliphatic heterocycles. The predicted octanol–water partition coefficient (Wildman–Crippen LogP) is 2.29. The van der Waals surface area contributed by atoms with Crippen molar-refractivity contribution in [1.82, 2.24) is 10.2 Å². The maximum Gasteiger partial charge on any atom is 0.244 e. The summed E-state index contributed by atoms with van der Waals surface area (Å²) in [7, 11) is 0. The first-order valence-corrected chi connectivity index (χ1v) is 8.92. The molecule has 0 aliphatic carbocycles. The van der Waals surface area contributed by atoms with Crippen LogP contribution in [0.2, 0.25) is 5.02 Å². The quantitative estimate of drug-likeness (QED) is 0.911. The van der Waals surface area contributed by atoms with Gasteiger partial charge in [-0.1, -0.05) is 18.5 Å². The second-order valence-corrected chi connectivity index (χ2v) is 7.25. The van der Waals surface area contributed by atoms with Gasteiger partial charge in [-0.3, -0.25) is 9.59 Å². The molecule has 2 heterocycles. The van der Waals surface area contributed by atoms with Gasteiger partial charge in [-0.25, -0.2) is 0 Å². The van der Waals surface area contributed by atoms with E-state index in [0.717, 1.165) is 38.2 Å². The average Bonchev–Trinajstić information content (AvgIpc) is 2.91. The molecule has 2 fully saturated rings. The molecule has 0 bridgehead atoms. The van der Waals surface area contributed by atoms with Crippen LogP contribution in [0.3, 0.4) is 0 Å². The highest BCUT2D eigenvalue weighted by Crippen LogP contribution is 2.25. The van der Waals surface area contributed by atoms with Crippen LogP contribution < -0.4 is 10.2 Å². The summed E-state index contributed by atoms with van der Waals surface area (Å²) in [5.41, 5.74) is 0.896. The largest absolute Gasteiger partial charge is 0.343 e. The van der Waals surface area contributed by atoms with Crippen LogP contribution >= 0.6 is 11.6 Å². The molecule has 2 saturated heterocycles. The Bertz CT molecular complexity index is 619. The first kappa shape index (κ1) is 17.2. The van der Waals surface area contributed by atoms with Crippen molar-refractivity contribution in [2.24, 2.45) is 5.92 Å². The van der Waals surface area contributed by atoms with E-state index in [9.17, 15) is 9.59 Å². The van der Waals surface area contributed by atoms with E-state index in [1.807, 2.05) is 34.1 Å². The monoisotopic (exact) mass is 349 g/mol. The van der Waals surface area contributed by atoms with E-state index < -0.39 is 0 Å². The molecule has 0 unspecified atom stereocenters. The van der Waals surface area contributed by atoms with E-state index in [-0.39, 0.29) is 23.9 Å². The fourth-order valence-corrected chi connectivity index (χ4v) is 3.78. The Kier molecular flexibility index (Phi) is 5.11. The number of carbonyl (C=O) groups is 2. The molecule has 3 atom stereocenters. The van der Waals surface area contributed by atoms with Gasteiger partial charge >= 0.3 is 0 Å². The predicted molar refractivity (Wildman–Crippen MR) is 95.2 cm³/mol. The van der Waals surface area contributed by atoms with Crippen molar-refractivity contribution in [3.8, 4) is 0 Å². The zero-order valence-corrected chi connectivity index (χ0v) is 14.9. The Hall–Kier alpha value is -1.59. The van der Waals surface area contributed by atoms with Gasteiger partial charge in [0.25, 0.3) is 0 Å². The molecule has 1 aromatic carbocycles. The van der Waals surface area contributed by atoms with Gasteiger partial charge in [0.2, 0.25) is 11.8 Å². The number of hydrogen-bond acceptors (Lipinski definition) is 3. The lowest BCUT2D eigenvalue weighted by Crippen LogP contribution is -2.53. The number of nitrogens with one attached hydrogen (secondary N) is 1. The summed E-state index contributed by atoms with van der Waals surface area (Å²) < 4.78 is 0. The number of anilines is 1. The molecule has 5 nitrogen and oxygen atoms in total. The van der Waals surface area contributed by atoms with Crippen molar-refractivity contribution in [2.45, 2.75) is 38.8 Å². The molecular weight excluding hydrogens is 326 g/mol. The van der Waals surface area contributed by atoms with Crippen LogP contribution in [0, 0.1) is 5.92 Å². The van der Waals surface area contributed by atoms with Gasteiger partial charge in [-0.05, 0) is 43.0 Å². The SMILES string of the molecule is CC(=O)N1CC[C@H](N[C@@H]2CCN(c3ccc(Cl)cc3)C2=O)[C@H](C)C1. The summed E-state index contributed by atoms with van der Waals surface area (Å²) in [6.07, 6.45) is 1.70. The van der Waals surface area contributed by atoms with E-state index in [0.29, 0.717) is 10.9 Å². The zero-order chi connectivity index (χ0) is 17.3. The molecule has 0 radical (unpaired) electrons. The molecule has 2 aliphatic rings. The van der Waals surface area contributed by atoms with Crippen LogP contribution in [0.4, 0.5) is 5.69 Å². The maximum atomic E-state index is 12.7. The Labute approximate surface area is 147 Å². The normalized spacial score (nSPS) is 27.6. The highest BCUT2D eigenvalue weighted by molar-refractivity contribution is 6.30. The van der Waals surface area contributed by atoms with Crippen LogP contribution in [0.15, 0.2) is 24.3 Å². The van der Waals surface area contributed by atoms with Crippen LogP contribution in [0.1, 0.15) is 26.7 Å². The first-order valence-electron chi connectivity index (χ1n) is 8.54. The van der Waals surface area contributed by atoms with Gasteiger partial charge in [0, 0.05) is 43.3 Å². The Balaban J connectivity index is 1.60. The number of halogens is 1. The molecule has 24 heavy (non-hydrogen) atoms. The topological polar surface area (TPSA) is 52.7 Å². The highest BCUT2D eigenvalue weighted by atomic mass is 35.5. The molecule has 1 N–H and O–H groups in total. The molecule has 1 aromatic rings. The summed E-state index contributed by atoms with van der Waals surface area (Å²) in [5.74, 6) is 0.602. The number of nitrogens with zero attached hydrogens (tertiary/aromatic N) is 2. The second kappa shape index (κ2) is 7.11. The lowest BCUT2D eigenvalue weighted by atomic mass is 9.93. The molecule has 0 aromatic heterocycles. The number of likely N-dealkylation sites (tertiary alicyclic amines) is 1. The molecule has 0 saturated carbocycles. The van der Waals surface area contributed by atoms with E-state index >= 15 is 0 Å². The van der Waals surface area contributed by atoms with Crippen LogP contribution in [0.5, 0.6) is 0 Å². The number of rotatable bonds is 3. The number of benzene rings is 1. The van der Waals surface area contributed by atoms with Crippen molar-refractivity contribution >= 4 is 29.1 Å². The Morgan fingerprint density at radius 1 is 1.21 bits per heavy atom. The molecule has 6 heteroatoms. The number of piperidine rings is 1. The Morgan fingerprint density at radius 3 is 2.54 bits per heavy atom. The number of carbonyl (C=O) groups excluding carboxylic acids is 2. The van der Waals surface area contributed by atoms with Crippen LogP contribution in [-0.4, -0.2) is 48.4 Å². The smallest absolute Gasteiger partial charge is 0.244 e. The van der Waals surface area contributed by atoms with Crippen molar-refractivity contribution in [2.75, 3.05) is 24.5 Å². The minimum atomic E-state index is -0.142. The first-order chi connectivity index (χ1) is 11.5. The third-order valence-corrected chi connectivity index (χ3v) is 5.36. The maximum absolute atomic E-state index is 12.7. The van der Waals surface area contributed by atoms with E-state index in [1.165, 1.54) is 0 Å². The minimum Gasteiger partial charge on any atom is -0.343 e. The second-order valence-electron chi connectivity index (χ2n) is 6.81. The molecule has 0 spiro atoms. The number of hydrogen-bond donors (Lipinski definition) is 1. The fourth-order valence-electron chi connectivity index (χ4n) is 3.65. The highest BCUT2D eigenvalue weighted by Gasteiger charge is 2.36. The van der Waals surface area contributed by atoms with Crippen LogP contribution in [0.25, 0.3) is 0 Å². The standard InChI is InChI=1S/C18H24ClN3O2/c1-12-11-21(13(2)23)9-7-16(12)20-17-8-10-22(18(17)24)15-5-3-14(19)4-6-15/h3-6,12,16-17,20H,7-11H2,1-2H3/t12-,16+,17-/m1/s1. The summed E-state index contributed by atoms with van der Waals surface area (Å²) >= 11 is 5.92. The lowest BCUT2D eigenvalue weighted by molar-refractivity contribution is -0.131. The lowest BCUT2D eigenvalue weighted by Gasteiger charge is -2.38. The van der Waals surface area contributed by atoms with Gasteiger partial charge in [0.05, 0.1) is 6.04 Å². The third-order valence-electron chi connectivity index (χ3n) is 5.11. The van der Waals surface area contributed by atoms with Crippen molar-refractivity contribution in [1.29, 1.82) is 0 Å².